The molecular formula is C15H22O3. The molecule has 0 fully saturated rings. The highest BCUT2D eigenvalue weighted by Gasteiger charge is 2.26. The van der Waals surface area contributed by atoms with E-state index in [1.807, 2.05) is 45.9 Å². The number of carbonyl (C=O) groups is 1. The number of benzene rings is 1. The first-order valence-corrected chi connectivity index (χ1v) is 6.18. The summed E-state index contributed by atoms with van der Waals surface area (Å²) in [5, 5.41) is 19.1. The summed E-state index contributed by atoms with van der Waals surface area (Å²) in [5.74, 6) is -0.826. The van der Waals surface area contributed by atoms with Crippen LogP contribution in [-0.2, 0) is 4.79 Å². The fourth-order valence-corrected chi connectivity index (χ4v) is 2.23. The van der Waals surface area contributed by atoms with Gasteiger partial charge in [-0.2, -0.15) is 0 Å². The molecule has 0 saturated heterocycles. The van der Waals surface area contributed by atoms with Gasteiger partial charge in [-0.15, -0.1) is 0 Å². The highest BCUT2D eigenvalue weighted by atomic mass is 16.4. The Morgan fingerprint density at radius 2 is 1.94 bits per heavy atom. The van der Waals surface area contributed by atoms with Gasteiger partial charge in [0.2, 0.25) is 0 Å². The molecule has 100 valence electrons. The van der Waals surface area contributed by atoms with E-state index in [1.165, 1.54) is 0 Å². The lowest BCUT2D eigenvalue weighted by atomic mass is 9.81. The Kier molecular flexibility index (Phi) is 4.52. The summed E-state index contributed by atoms with van der Waals surface area (Å²) < 4.78 is 0. The van der Waals surface area contributed by atoms with E-state index in [9.17, 15) is 9.90 Å². The highest BCUT2D eigenvalue weighted by molar-refractivity contribution is 5.67. The van der Waals surface area contributed by atoms with Gasteiger partial charge < -0.3 is 10.2 Å². The minimum absolute atomic E-state index is 0.0644. The summed E-state index contributed by atoms with van der Waals surface area (Å²) in [6.45, 7) is 7.69. The largest absolute Gasteiger partial charge is 0.481 e. The molecule has 0 saturated carbocycles. The number of rotatable bonds is 5. The minimum atomic E-state index is -0.826. The summed E-state index contributed by atoms with van der Waals surface area (Å²) in [4.78, 5) is 10.8. The maximum Gasteiger partial charge on any atom is 0.303 e. The Labute approximate surface area is 108 Å². The van der Waals surface area contributed by atoms with Crippen LogP contribution in [0.2, 0.25) is 0 Å². The standard InChI is InChI=1S/C15H22O3/c1-10-5-6-11(2)12(7-10)13(16)8-15(3,4)9-14(17)18/h5-7,13,16H,8-9H2,1-4H3,(H,17,18). The Balaban J connectivity index is 2.84. The summed E-state index contributed by atoms with van der Waals surface area (Å²) >= 11 is 0. The predicted octanol–water partition coefficient (Wildman–Crippen LogP) is 3.23. The number of hydrogen-bond donors (Lipinski definition) is 2. The van der Waals surface area contributed by atoms with Gasteiger partial charge in [-0.05, 0) is 36.8 Å². The van der Waals surface area contributed by atoms with Crippen LogP contribution in [0, 0.1) is 19.3 Å². The molecule has 1 aromatic rings. The van der Waals surface area contributed by atoms with E-state index in [-0.39, 0.29) is 6.42 Å². The van der Waals surface area contributed by atoms with Crippen LogP contribution in [0.1, 0.15) is 49.5 Å². The monoisotopic (exact) mass is 250 g/mol. The molecule has 0 amide bonds. The quantitative estimate of drug-likeness (QED) is 0.843. The van der Waals surface area contributed by atoms with Gasteiger partial charge in [0, 0.05) is 0 Å². The maximum absolute atomic E-state index is 10.8. The van der Waals surface area contributed by atoms with Crippen molar-refractivity contribution in [2.75, 3.05) is 0 Å². The number of aliphatic hydroxyl groups excluding tert-OH is 1. The average molecular weight is 250 g/mol. The molecule has 3 heteroatoms. The molecule has 0 aromatic heterocycles. The Hall–Kier alpha value is -1.35. The third-order valence-electron chi connectivity index (χ3n) is 3.17. The average Bonchev–Trinajstić information content (AvgIpc) is 2.18. The van der Waals surface area contributed by atoms with E-state index in [2.05, 4.69) is 0 Å². The summed E-state index contributed by atoms with van der Waals surface area (Å²) in [6.07, 6.45) is -0.0994. The molecule has 0 radical (unpaired) electrons. The van der Waals surface area contributed by atoms with E-state index >= 15 is 0 Å². The third kappa shape index (κ3) is 4.15. The van der Waals surface area contributed by atoms with Crippen molar-refractivity contribution in [3.8, 4) is 0 Å². The van der Waals surface area contributed by atoms with Crippen LogP contribution in [0.15, 0.2) is 18.2 Å². The van der Waals surface area contributed by atoms with E-state index < -0.39 is 17.5 Å². The van der Waals surface area contributed by atoms with Crippen molar-refractivity contribution in [2.45, 2.75) is 46.6 Å². The van der Waals surface area contributed by atoms with Crippen LogP contribution < -0.4 is 0 Å². The topological polar surface area (TPSA) is 57.5 Å². The molecule has 2 N–H and O–H groups in total. The first-order valence-electron chi connectivity index (χ1n) is 6.18. The molecule has 3 nitrogen and oxygen atoms in total. The second-order valence-corrected chi connectivity index (χ2v) is 5.81. The molecule has 0 heterocycles. The molecule has 0 aliphatic heterocycles. The van der Waals surface area contributed by atoms with Crippen molar-refractivity contribution in [2.24, 2.45) is 5.41 Å². The number of carboxylic acid groups (broad SMARTS) is 1. The molecule has 0 aliphatic rings. The Morgan fingerprint density at radius 3 is 2.50 bits per heavy atom. The van der Waals surface area contributed by atoms with E-state index in [0.29, 0.717) is 6.42 Å². The van der Waals surface area contributed by atoms with Crippen molar-refractivity contribution < 1.29 is 15.0 Å². The van der Waals surface area contributed by atoms with Crippen molar-refractivity contribution in [3.63, 3.8) is 0 Å². The van der Waals surface area contributed by atoms with Gasteiger partial charge >= 0.3 is 5.97 Å². The van der Waals surface area contributed by atoms with Crippen LogP contribution in [-0.4, -0.2) is 16.2 Å². The van der Waals surface area contributed by atoms with Crippen LogP contribution in [0.3, 0.4) is 0 Å². The van der Waals surface area contributed by atoms with Crippen LogP contribution in [0.25, 0.3) is 0 Å². The van der Waals surface area contributed by atoms with E-state index in [0.717, 1.165) is 16.7 Å². The van der Waals surface area contributed by atoms with E-state index in [1.54, 1.807) is 0 Å². The zero-order chi connectivity index (χ0) is 13.9. The van der Waals surface area contributed by atoms with Gasteiger partial charge in [0.15, 0.2) is 0 Å². The van der Waals surface area contributed by atoms with Gasteiger partial charge in [0.25, 0.3) is 0 Å². The number of hydrogen-bond acceptors (Lipinski definition) is 2. The number of aliphatic carboxylic acids is 1. The van der Waals surface area contributed by atoms with Crippen LogP contribution in [0.5, 0.6) is 0 Å². The molecule has 0 spiro atoms. The molecule has 1 atom stereocenters. The van der Waals surface area contributed by atoms with Crippen molar-refractivity contribution >= 4 is 5.97 Å². The van der Waals surface area contributed by atoms with Crippen molar-refractivity contribution in [1.29, 1.82) is 0 Å². The zero-order valence-corrected chi connectivity index (χ0v) is 11.5. The fourth-order valence-electron chi connectivity index (χ4n) is 2.23. The Morgan fingerprint density at radius 1 is 1.33 bits per heavy atom. The number of aryl methyl sites for hydroxylation is 2. The smallest absolute Gasteiger partial charge is 0.303 e. The fraction of sp³-hybridized carbons (Fsp3) is 0.533. The lowest BCUT2D eigenvalue weighted by molar-refractivity contribution is -0.139. The van der Waals surface area contributed by atoms with Crippen LogP contribution >= 0.6 is 0 Å². The number of carboxylic acids is 1. The first kappa shape index (κ1) is 14.7. The molecule has 1 unspecified atom stereocenters. The number of aliphatic hydroxyl groups is 1. The SMILES string of the molecule is Cc1ccc(C)c(C(O)CC(C)(C)CC(=O)O)c1. The maximum atomic E-state index is 10.8. The Bertz CT molecular complexity index is 435. The normalized spacial score (nSPS) is 13.4. The summed E-state index contributed by atoms with van der Waals surface area (Å²) in [6, 6.07) is 5.96. The molecule has 0 aliphatic carbocycles. The van der Waals surface area contributed by atoms with Gasteiger partial charge in [0.05, 0.1) is 12.5 Å². The van der Waals surface area contributed by atoms with Crippen LogP contribution in [0.4, 0.5) is 0 Å². The van der Waals surface area contributed by atoms with Gasteiger partial charge in [-0.1, -0.05) is 37.6 Å². The second-order valence-electron chi connectivity index (χ2n) is 5.81. The zero-order valence-electron chi connectivity index (χ0n) is 11.5. The summed E-state index contributed by atoms with van der Waals surface area (Å²) in [5.41, 5.74) is 2.62. The molecular weight excluding hydrogens is 228 g/mol. The summed E-state index contributed by atoms with van der Waals surface area (Å²) in [7, 11) is 0. The van der Waals surface area contributed by atoms with Gasteiger partial charge in [0.1, 0.15) is 0 Å². The van der Waals surface area contributed by atoms with Gasteiger partial charge in [-0.25, -0.2) is 0 Å². The third-order valence-corrected chi connectivity index (χ3v) is 3.17. The minimum Gasteiger partial charge on any atom is -0.481 e. The molecule has 1 rings (SSSR count). The lowest BCUT2D eigenvalue weighted by Crippen LogP contribution is -2.20. The molecule has 18 heavy (non-hydrogen) atoms. The van der Waals surface area contributed by atoms with Gasteiger partial charge in [-0.3, -0.25) is 4.79 Å². The van der Waals surface area contributed by atoms with Crippen molar-refractivity contribution in [3.05, 3.63) is 34.9 Å². The second kappa shape index (κ2) is 5.53. The predicted molar refractivity (Wildman–Crippen MR) is 71.5 cm³/mol. The highest BCUT2D eigenvalue weighted by Crippen LogP contribution is 2.34. The lowest BCUT2D eigenvalue weighted by Gasteiger charge is -2.26. The van der Waals surface area contributed by atoms with E-state index in [4.69, 9.17) is 5.11 Å². The first-order chi connectivity index (χ1) is 8.21. The van der Waals surface area contributed by atoms with Crippen molar-refractivity contribution in [1.82, 2.24) is 0 Å². The molecule has 1 aromatic carbocycles. The molecule has 0 bridgehead atoms.